The minimum atomic E-state index is -1.36. The third-order valence-corrected chi connectivity index (χ3v) is 3.10. The van der Waals surface area contributed by atoms with E-state index < -0.39 is 11.5 Å². The Bertz CT molecular complexity index is 341. The lowest BCUT2D eigenvalue weighted by Gasteiger charge is -2.19. The van der Waals surface area contributed by atoms with E-state index in [1.54, 1.807) is 6.07 Å². The van der Waals surface area contributed by atoms with Crippen molar-refractivity contribution in [2.45, 2.75) is 18.5 Å². The van der Waals surface area contributed by atoms with Crippen molar-refractivity contribution in [1.82, 2.24) is 5.32 Å². The van der Waals surface area contributed by atoms with Gasteiger partial charge in [0.15, 0.2) is 0 Å². The van der Waals surface area contributed by atoms with E-state index in [0.717, 1.165) is 0 Å². The van der Waals surface area contributed by atoms with Gasteiger partial charge in [0.1, 0.15) is 11.5 Å². The number of alkyl halides is 1. The summed E-state index contributed by atoms with van der Waals surface area (Å²) in [5.41, 5.74) is -1.07. The molecule has 1 nitrogen and oxygen atoms in total. The lowest BCUT2D eigenvalue weighted by atomic mass is 9.95. The van der Waals surface area contributed by atoms with Crippen LogP contribution in [0.5, 0.6) is 0 Å². The van der Waals surface area contributed by atoms with E-state index in [4.69, 9.17) is 11.6 Å². The Hall–Kier alpha value is -0.670. The molecule has 0 aromatic heterocycles. The summed E-state index contributed by atoms with van der Waals surface area (Å²) in [6, 6.07) is 4.43. The molecule has 1 aliphatic heterocycles. The predicted octanol–water partition coefficient (Wildman–Crippen LogP) is 2.72. The summed E-state index contributed by atoms with van der Waals surface area (Å²) < 4.78 is 27.5. The zero-order valence-electron chi connectivity index (χ0n) is 8.19. The van der Waals surface area contributed by atoms with E-state index in [1.165, 1.54) is 12.1 Å². The molecule has 0 amide bonds. The van der Waals surface area contributed by atoms with Gasteiger partial charge in [0.2, 0.25) is 0 Å². The maximum atomic E-state index is 14.1. The normalized spacial score (nSPS) is 25.8. The summed E-state index contributed by atoms with van der Waals surface area (Å²) in [4.78, 5) is 0. The Balaban J connectivity index is 2.23. The molecule has 15 heavy (non-hydrogen) atoms. The Kier molecular flexibility index (Phi) is 2.94. The standard InChI is InChI=1S/C11H12ClF2N/c12-9-2-1-3-10(13)8(9)6-11(14)4-5-15-7-11/h1-3,15H,4-7H2. The van der Waals surface area contributed by atoms with Crippen molar-refractivity contribution >= 4 is 11.6 Å². The molecule has 1 fully saturated rings. The van der Waals surface area contributed by atoms with Gasteiger partial charge in [-0.25, -0.2) is 8.78 Å². The van der Waals surface area contributed by atoms with Crippen molar-refractivity contribution < 1.29 is 8.78 Å². The number of nitrogens with one attached hydrogen (secondary N) is 1. The van der Waals surface area contributed by atoms with Crippen molar-refractivity contribution in [3.8, 4) is 0 Å². The number of rotatable bonds is 2. The van der Waals surface area contributed by atoms with Crippen LogP contribution in [0.2, 0.25) is 5.02 Å². The van der Waals surface area contributed by atoms with Gasteiger partial charge in [-0.15, -0.1) is 0 Å². The summed E-state index contributed by atoms with van der Waals surface area (Å²) in [7, 11) is 0. The molecular formula is C11H12ClF2N. The Morgan fingerprint density at radius 2 is 2.27 bits per heavy atom. The fraction of sp³-hybridized carbons (Fsp3) is 0.455. The molecule has 0 radical (unpaired) electrons. The first-order valence-electron chi connectivity index (χ1n) is 4.93. The molecule has 1 saturated heterocycles. The zero-order chi connectivity index (χ0) is 10.9. The van der Waals surface area contributed by atoms with Crippen LogP contribution in [-0.4, -0.2) is 18.8 Å². The second-order valence-electron chi connectivity index (χ2n) is 3.95. The Morgan fingerprint density at radius 1 is 1.47 bits per heavy atom. The van der Waals surface area contributed by atoms with Crippen molar-refractivity contribution in [3.63, 3.8) is 0 Å². The van der Waals surface area contributed by atoms with Crippen LogP contribution < -0.4 is 5.32 Å². The van der Waals surface area contributed by atoms with Crippen molar-refractivity contribution in [2.75, 3.05) is 13.1 Å². The molecule has 0 aliphatic carbocycles. The smallest absolute Gasteiger partial charge is 0.128 e. The van der Waals surface area contributed by atoms with E-state index in [9.17, 15) is 8.78 Å². The highest BCUT2D eigenvalue weighted by molar-refractivity contribution is 6.31. The predicted molar refractivity (Wildman–Crippen MR) is 56.4 cm³/mol. The van der Waals surface area contributed by atoms with Gasteiger partial charge in [-0.3, -0.25) is 0 Å². The topological polar surface area (TPSA) is 12.0 Å². The van der Waals surface area contributed by atoms with Gasteiger partial charge in [-0.05, 0) is 25.1 Å². The highest BCUT2D eigenvalue weighted by Crippen LogP contribution is 2.29. The highest BCUT2D eigenvalue weighted by Gasteiger charge is 2.35. The SMILES string of the molecule is Fc1cccc(Cl)c1CC1(F)CCNC1. The van der Waals surface area contributed by atoms with Crippen molar-refractivity contribution in [3.05, 3.63) is 34.6 Å². The minimum Gasteiger partial charge on any atom is -0.313 e. The third kappa shape index (κ3) is 2.29. The van der Waals surface area contributed by atoms with Crippen LogP contribution >= 0.6 is 11.6 Å². The first-order valence-corrected chi connectivity index (χ1v) is 5.31. The number of benzene rings is 1. The number of hydrogen-bond acceptors (Lipinski definition) is 1. The molecule has 1 atom stereocenters. The van der Waals surface area contributed by atoms with E-state index in [2.05, 4.69) is 5.32 Å². The summed E-state index contributed by atoms with van der Waals surface area (Å²) >= 11 is 5.84. The monoisotopic (exact) mass is 231 g/mol. The summed E-state index contributed by atoms with van der Waals surface area (Å²) in [5, 5.41) is 3.24. The fourth-order valence-electron chi connectivity index (χ4n) is 1.88. The van der Waals surface area contributed by atoms with E-state index >= 15 is 0 Å². The van der Waals surface area contributed by atoms with Gasteiger partial charge in [0.05, 0.1) is 0 Å². The van der Waals surface area contributed by atoms with E-state index in [0.29, 0.717) is 18.0 Å². The van der Waals surface area contributed by atoms with E-state index in [-0.39, 0.29) is 18.5 Å². The molecule has 2 rings (SSSR count). The quantitative estimate of drug-likeness (QED) is 0.825. The second-order valence-corrected chi connectivity index (χ2v) is 4.36. The molecule has 1 heterocycles. The molecule has 1 aliphatic rings. The third-order valence-electron chi connectivity index (χ3n) is 2.75. The van der Waals surface area contributed by atoms with Crippen LogP contribution in [0.4, 0.5) is 8.78 Å². The van der Waals surface area contributed by atoms with Gasteiger partial charge < -0.3 is 5.32 Å². The molecule has 1 aromatic rings. The van der Waals surface area contributed by atoms with Gasteiger partial charge in [-0.2, -0.15) is 0 Å². The fourth-order valence-corrected chi connectivity index (χ4v) is 2.11. The summed E-state index contributed by atoms with van der Waals surface area (Å²) in [6.07, 6.45) is 0.461. The van der Waals surface area contributed by atoms with Crippen LogP contribution in [0.3, 0.4) is 0 Å². The molecule has 82 valence electrons. The summed E-state index contributed by atoms with van der Waals surface area (Å²) in [6.45, 7) is 0.917. The van der Waals surface area contributed by atoms with Crippen LogP contribution in [0.15, 0.2) is 18.2 Å². The van der Waals surface area contributed by atoms with Crippen LogP contribution in [-0.2, 0) is 6.42 Å². The molecule has 1 N–H and O–H groups in total. The van der Waals surface area contributed by atoms with Gasteiger partial charge in [-0.1, -0.05) is 17.7 Å². The summed E-state index contributed by atoms with van der Waals surface area (Å²) in [5.74, 6) is -0.425. The zero-order valence-corrected chi connectivity index (χ0v) is 8.95. The second kappa shape index (κ2) is 4.06. The molecule has 0 bridgehead atoms. The van der Waals surface area contributed by atoms with E-state index in [1.807, 2.05) is 0 Å². The van der Waals surface area contributed by atoms with Gasteiger partial charge in [0, 0.05) is 23.6 Å². The largest absolute Gasteiger partial charge is 0.313 e. The highest BCUT2D eigenvalue weighted by atomic mass is 35.5. The minimum absolute atomic E-state index is 0.0471. The molecule has 4 heteroatoms. The van der Waals surface area contributed by atoms with Crippen LogP contribution in [0.25, 0.3) is 0 Å². The van der Waals surface area contributed by atoms with Gasteiger partial charge in [0.25, 0.3) is 0 Å². The maximum absolute atomic E-state index is 14.1. The Labute approximate surface area is 92.4 Å². The molecule has 0 spiro atoms. The average Bonchev–Trinajstić information content (AvgIpc) is 2.60. The number of halogens is 3. The van der Waals surface area contributed by atoms with Crippen LogP contribution in [0.1, 0.15) is 12.0 Å². The first-order chi connectivity index (χ1) is 7.11. The number of hydrogen-bond donors (Lipinski definition) is 1. The molecule has 0 saturated carbocycles. The Morgan fingerprint density at radius 3 is 2.87 bits per heavy atom. The van der Waals surface area contributed by atoms with Crippen LogP contribution in [0, 0.1) is 5.82 Å². The lowest BCUT2D eigenvalue weighted by Crippen LogP contribution is -2.29. The molecular weight excluding hydrogens is 220 g/mol. The average molecular weight is 232 g/mol. The molecule has 1 unspecified atom stereocenters. The first kappa shape index (κ1) is 10.8. The lowest BCUT2D eigenvalue weighted by molar-refractivity contribution is 0.189. The van der Waals surface area contributed by atoms with Gasteiger partial charge >= 0.3 is 0 Å². The van der Waals surface area contributed by atoms with Crippen molar-refractivity contribution in [1.29, 1.82) is 0 Å². The molecule has 1 aromatic carbocycles. The maximum Gasteiger partial charge on any atom is 0.128 e. The van der Waals surface area contributed by atoms with Crippen molar-refractivity contribution in [2.24, 2.45) is 0 Å².